The number of hydrogen-bond acceptors (Lipinski definition) is 4. The Labute approximate surface area is 147 Å². The van der Waals surface area contributed by atoms with Gasteiger partial charge in [-0.3, -0.25) is 10.0 Å². The monoisotopic (exact) mass is 362 g/mol. The molecule has 0 aliphatic rings. The fourth-order valence-electron chi connectivity index (χ4n) is 2.43. The molecule has 0 unspecified atom stereocenters. The van der Waals surface area contributed by atoms with Crippen LogP contribution in [0.1, 0.15) is 20.3 Å². The van der Waals surface area contributed by atoms with Crippen LogP contribution in [0.5, 0.6) is 0 Å². The summed E-state index contributed by atoms with van der Waals surface area (Å²) in [7, 11) is -3.89. The van der Waals surface area contributed by atoms with Crippen LogP contribution in [0.3, 0.4) is 0 Å². The number of amides is 1. The molecule has 0 bridgehead atoms. The van der Waals surface area contributed by atoms with Gasteiger partial charge in [0.2, 0.25) is 10.0 Å². The normalized spacial score (nSPS) is 13.9. The minimum Gasteiger partial charge on any atom is -0.289 e. The highest BCUT2D eigenvalue weighted by atomic mass is 32.2. The Morgan fingerprint density at radius 1 is 1.04 bits per heavy atom. The van der Waals surface area contributed by atoms with Crippen molar-refractivity contribution in [2.45, 2.75) is 31.2 Å². The lowest BCUT2D eigenvalue weighted by atomic mass is 10.00. The Morgan fingerprint density at radius 3 is 2.12 bits per heavy atom. The highest BCUT2D eigenvalue weighted by Crippen LogP contribution is 2.21. The van der Waals surface area contributed by atoms with Crippen LogP contribution in [0.25, 0.3) is 11.1 Å². The molecule has 134 valence electrons. The predicted molar refractivity (Wildman–Crippen MR) is 95.4 cm³/mol. The van der Waals surface area contributed by atoms with Crippen LogP contribution in [0.15, 0.2) is 59.5 Å². The molecule has 3 N–H and O–H groups in total. The van der Waals surface area contributed by atoms with Crippen molar-refractivity contribution in [2.24, 2.45) is 5.92 Å². The summed E-state index contributed by atoms with van der Waals surface area (Å²) in [5, 5.41) is 8.85. The van der Waals surface area contributed by atoms with E-state index in [9.17, 15) is 13.2 Å². The molecule has 0 saturated heterocycles. The minimum absolute atomic E-state index is 0.0613. The van der Waals surface area contributed by atoms with Crippen LogP contribution in [0.4, 0.5) is 0 Å². The van der Waals surface area contributed by atoms with Crippen LogP contribution in [0.2, 0.25) is 0 Å². The van der Waals surface area contributed by atoms with Gasteiger partial charge in [0.05, 0.1) is 4.90 Å². The minimum atomic E-state index is -3.89. The lowest BCUT2D eigenvalue weighted by Crippen LogP contribution is -2.49. The number of sulfonamides is 1. The van der Waals surface area contributed by atoms with Gasteiger partial charge >= 0.3 is 0 Å². The number of rotatable bonds is 7. The fraction of sp³-hybridized carbons (Fsp3) is 0.278. The van der Waals surface area contributed by atoms with Crippen molar-refractivity contribution in [3.05, 3.63) is 54.6 Å². The van der Waals surface area contributed by atoms with Crippen molar-refractivity contribution in [2.75, 3.05) is 0 Å². The zero-order chi connectivity index (χ0) is 18.4. The first-order valence-electron chi connectivity index (χ1n) is 8.00. The van der Waals surface area contributed by atoms with Gasteiger partial charge in [-0.2, -0.15) is 4.72 Å². The Hall–Kier alpha value is -2.22. The number of benzene rings is 2. The second kappa shape index (κ2) is 8.24. The molecule has 7 heteroatoms. The van der Waals surface area contributed by atoms with Crippen molar-refractivity contribution in [3.8, 4) is 11.1 Å². The molecule has 2 atom stereocenters. The summed E-state index contributed by atoms with van der Waals surface area (Å²) in [5.74, 6) is -1.05. The molecule has 0 aromatic heterocycles. The number of carbonyl (C=O) groups excluding carboxylic acids is 1. The summed E-state index contributed by atoms with van der Waals surface area (Å²) in [4.78, 5) is 11.8. The SMILES string of the molecule is CC[C@H](C)[C@H](NS(=O)(=O)c1ccc(-c2ccccc2)cc1)C(=O)NO. The van der Waals surface area contributed by atoms with Crippen LogP contribution < -0.4 is 10.2 Å². The Kier molecular flexibility index (Phi) is 6.30. The van der Waals surface area contributed by atoms with E-state index in [0.717, 1.165) is 11.1 Å². The predicted octanol–water partition coefficient (Wildman–Crippen LogP) is 2.55. The molecule has 25 heavy (non-hydrogen) atoms. The lowest BCUT2D eigenvalue weighted by Gasteiger charge is -2.22. The first kappa shape index (κ1) is 19.1. The van der Waals surface area contributed by atoms with Gasteiger partial charge in [-0.05, 0) is 29.2 Å². The molecular formula is C18H22N2O4S. The van der Waals surface area contributed by atoms with Gasteiger partial charge in [-0.15, -0.1) is 0 Å². The Bertz CT molecular complexity index is 805. The van der Waals surface area contributed by atoms with Gasteiger partial charge in [0.1, 0.15) is 6.04 Å². The number of nitrogens with one attached hydrogen (secondary N) is 2. The second-order valence-corrected chi connectivity index (χ2v) is 7.56. The van der Waals surface area contributed by atoms with Crippen molar-refractivity contribution >= 4 is 15.9 Å². The third-order valence-corrected chi connectivity index (χ3v) is 5.62. The van der Waals surface area contributed by atoms with Crippen LogP contribution in [-0.2, 0) is 14.8 Å². The number of carbonyl (C=O) groups is 1. The molecule has 0 heterocycles. The molecule has 0 aliphatic heterocycles. The van der Waals surface area contributed by atoms with Gasteiger partial charge in [-0.25, -0.2) is 13.9 Å². The second-order valence-electron chi connectivity index (χ2n) is 5.85. The number of hydrogen-bond donors (Lipinski definition) is 3. The van der Waals surface area contributed by atoms with Gasteiger partial charge in [0, 0.05) is 0 Å². The topological polar surface area (TPSA) is 95.5 Å². The molecule has 2 rings (SSSR count). The Morgan fingerprint density at radius 2 is 1.60 bits per heavy atom. The zero-order valence-corrected chi connectivity index (χ0v) is 15.0. The van der Waals surface area contributed by atoms with E-state index in [-0.39, 0.29) is 10.8 Å². The van der Waals surface area contributed by atoms with Gasteiger partial charge in [0.25, 0.3) is 5.91 Å². The van der Waals surface area contributed by atoms with E-state index < -0.39 is 22.0 Å². The van der Waals surface area contributed by atoms with Crippen LogP contribution >= 0.6 is 0 Å². The molecule has 0 spiro atoms. The van der Waals surface area contributed by atoms with Crippen molar-refractivity contribution in [3.63, 3.8) is 0 Å². The summed E-state index contributed by atoms with van der Waals surface area (Å²) in [6.07, 6.45) is 0.577. The maximum Gasteiger partial charge on any atom is 0.261 e. The summed E-state index contributed by atoms with van der Waals surface area (Å²) in [5.41, 5.74) is 3.40. The smallest absolute Gasteiger partial charge is 0.261 e. The van der Waals surface area contributed by atoms with Crippen molar-refractivity contribution < 1.29 is 18.4 Å². The summed E-state index contributed by atoms with van der Waals surface area (Å²) < 4.78 is 27.5. The van der Waals surface area contributed by atoms with E-state index in [4.69, 9.17) is 5.21 Å². The Balaban J connectivity index is 2.25. The van der Waals surface area contributed by atoms with E-state index in [1.54, 1.807) is 19.1 Å². The van der Waals surface area contributed by atoms with E-state index in [2.05, 4.69) is 4.72 Å². The summed E-state index contributed by atoms with van der Waals surface area (Å²) in [6, 6.07) is 15.0. The highest BCUT2D eigenvalue weighted by molar-refractivity contribution is 7.89. The molecule has 0 fully saturated rings. The number of hydroxylamine groups is 1. The zero-order valence-electron chi connectivity index (χ0n) is 14.1. The quantitative estimate of drug-likeness (QED) is 0.521. The maximum atomic E-state index is 12.6. The van der Waals surface area contributed by atoms with Crippen LogP contribution in [0, 0.1) is 5.92 Å². The highest BCUT2D eigenvalue weighted by Gasteiger charge is 2.29. The van der Waals surface area contributed by atoms with E-state index in [0.29, 0.717) is 6.42 Å². The van der Waals surface area contributed by atoms with Gasteiger partial charge in [-0.1, -0.05) is 62.7 Å². The molecule has 2 aromatic carbocycles. The molecular weight excluding hydrogens is 340 g/mol. The van der Waals surface area contributed by atoms with Gasteiger partial charge in [0.15, 0.2) is 0 Å². The summed E-state index contributed by atoms with van der Waals surface area (Å²) >= 11 is 0. The third kappa shape index (κ3) is 4.66. The standard InChI is InChI=1S/C18H22N2O4S/c1-3-13(2)17(18(21)19-22)20-25(23,24)16-11-9-15(10-12-16)14-7-5-4-6-8-14/h4-13,17,20,22H,3H2,1-2H3,(H,19,21)/t13-,17-/m0/s1. The first-order valence-corrected chi connectivity index (χ1v) is 9.49. The molecule has 1 amide bonds. The molecule has 0 aliphatic carbocycles. The first-order chi connectivity index (χ1) is 11.9. The van der Waals surface area contributed by atoms with E-state index in [1.807, 2.05) is 37.3 Å². The largest absolute Gasteiger partial charge is 0.289 e. The van der Waals surface area contributed by atoms with Crippen molar-refractivity contribution in [1.82, 2.24) is 10.2 Å². The van der Waals surface area contributed by atoms with Crippen molar-refractivity contribution in [1.29, 1.82) is 0 Å². The molecule has 0 saturated carbocycles. The molecule has 6 nitrogen and oxygen atoms in total. The van der Waals surface area contributed by atoms with Crippen LogP contribution in [-0.4, -0.2) is 25.6 Å². The molecule has 0 radical (unpaired) electrons. The van der Waals surface area contributed by atoms with E-state index >= 15 is 0 Å². The van der Waals surface area contributed by atoms with Gasteiger partial charge < -0.3 is 0 Å². The fourth-order valence-corrected chi connectivity index (χ4v) is 3.73. The third-order valence-electron chi connectivity index (χ3n) is 4.16. The summed E-state index contributed by atoms with van der Waals surface area (Å²) in [6.45, 7) is 3.58. The van der Waals surface area contributed by atoms with E-state index in [1.165, 1.54) is 17.6 Å². The molecule has 2 aromatic rings. The average molecular weight is 362 g/mol. The maximum absolute atomic E-state index is 12.6. The average Bonchev–Trinajstić information content (AvgIpc) is 2.65. The lowest BCUT2D eigenvalue weighted by molar-refractivity contribution is -0.132.